The quantitative estimate of drug-likeness (QED) is 0.195. The van der Waals surface area contributed by atoms with Gasteiger partial charge in [-0.25, -0.2) is 22.0 Å². The number of piperazine rings is 1. The van der Waals surface area contributed by atoms with Crippen LogP contribution < -0.4 is 10.6 Å². The molecule has 258 valence electrons. The number of carbonyl (C=O) groups excluding carboxylic acids is 2. The highest BCUT2D eigenvalue weighted by molar-refractivity contribution is 7.89. The Morgan fingerprint density at radius 1 is 1.02 bits per heavy atom. The van der Waals surface area contributed by atoms with Crippen LogP contribution in [0.25, 0.3) is 0 Å². The summed E-state index contributed by atoms with van der Waals surface area (Å²) in [5, 5.41) is 6.24. The molecular formula is C36H37ClF2N4O5S. The zero-order chi connectivity index (χ0) is 35.1. The maximum atomic E-state index is 15.6. The van der Waals surface area contributed by atoms with Crippen molar-refractivity contribution in [2.24, 2.45) is 0 Å². The molecule has 49 heavy (non-hydrogen) atoms. The normalized spacial score (nSPS) is 18.0. The van der Waals surface area contributed by atoms with Gasteiger partial charge in [0.15, 0.2) is 5.78 Å². The number of carbonyl (C=O) groups is 2. The van der Waals surface area contributed by atoms with Crippen LogP contribution in [0.15, 0.2) is 96.2 Å². The first-order valence-corrected chi connectivity index (χ1v) is 17.6. The van der Waals surface area contributed by atoms with Crippen molar-refractivity contribution in [3.05, 3.63) is 130 Å². The number of ether oxygens (including phenoxy) is 1. The Morgan fingerprint density at radius 3 is 2.49 bits per heavy atom. The Labute approximate surface area is 289 Å². The van der Waals surface area contributed by atoms with E-state index in [-0.39, 0.29) is 35.8 Å². The lowest BCUT2D eigenvalue weighted by Crippen LogP contribution is -2.58. The van der Waals surface area contributed by atoms with Gasteiger partial charge >= 0.3 is 6.09 Å². The largest absolute Gasteiger partial charge is 0.453 e. The first-order valence-electron chi connectivity index (χ1n) is 15.8. The van der Waals surface area contributed by atoms with Crippen LogP contribution in [0, 0.1) is 11.6 Å². The highest BCUT2D eigenvalue weighted by Gasteiger charge is 2.38. The first-order chi connectivity index (χ1) is 23.5. The summed E-state index contributed by atoms with van der Waals surface area (Å²) in [6.07, 6.45) is 1.64. The van der Waals surface area contributed by atoms with Crippen molar-refractivity contribution in [2.45, 2.75) is 55.1 Å². The fourth-order valence-corrected chi connectivity index (χ4v) is 8.51. The van der Waals surface area contributed by atoms with E-state index in [4.69, 9.17) is 16.3 Å². The predicted molar refractivity (Wildman–Crippen MR) is 182 cm³/mol. The van der Waals surface area contributed by atoms with Gasteiger partial charge in [-0.3, -0.25) is 9.78 Å². The van der Waals surface area contributed by atoms with E-state index in [0.717, 1.165) is 13.3 Å². The number of halogens is 3. The number of aromatic nitrogens is 1. The van der Waals surface area contributed by atoms with Crippen molar-refractivity contribution in [3.63, 3.8) is 0 Å². The van der Waals surface area contributed by atoms with Crippen molar-refractivity contribution < 1.29 is 31.5 Å². The molecular weight excluding hydrogens is 674 g/mol. The Hall–Kier alpha value is -4.23. The van der Waals surface area contributed by atoms with Crippen LogP contribution >= 0.6 is 11.6 Å². The summed E-state index contributed by atoms with van der Waals surface area (Å²) in [5.74, 6) is -2.63. The molecule has 5 rings (SSSR count). The molecule has 1 amide bonds. The van der Waals surface area contributed by atoms with Crippen LogP contribution in [-0.2, 0) is 32.4 Å². The summed E-state index contributed by atoms with van der Waals surface area (Å²) < 4.78 is 63.8. The van der Waals surface area contributed by atoms with E-state index in [1.807, 2.05) is 6.92 Å². The molecule has 0 spiro atoms. The lowest BCUT2D eigenvalue weighted by molar-refractivity contribution is -0.120. The van der Waals surface area contributed by atoms with Crippen LogP contribution in [0.4, 0.5) is 13.6 Å². The number of rotatable bonds is 12. The van der Waals surface area contributed by atoms with Crippen molar-refractivity contribution in [1.29, 1.82) is 0 Å². The van der Waals surface area contributed by atoms with Crippen molar-refractivity contribution in [3.8, 4) is 0 Å². The Bertz CT molecular complexity index is 1850. The molecule has 2 heterocycles. The highest BCUT2D eigenvalue weighted by Crippen LogP contribution is 2.32. The summed E-state index contributed by atoms with van der Waals surface area (Å²) >= 11 is 6.30. The maximum Gasteiger partial charge on any atom is 0.407 e. The number of methoxy groups -OCH3 is 1. The minimum absolute atomic E-state index is 0.135. The van der Waals surface area contributed by atoms with Gasteiger partial charge in [-0.1, -0.05) is 54.1 Å². The van der Waals surface area contributed by atoms with Gasteiger partial charge in [0.05, 0.1) is 18.2 Å². The van der Waals surface area contributed by atoms with Crippen LogP contribution in [0.5, 0.6) is 0 Å². The van der Waals surface area contributed by atoms with Gasteiger partial charge in [0, 0.05) is 48.7 Å². The predicted octanol–water partition coefficient (Wildman–Crippen LogP) is 5.67. The second-order valence-corrected chi connectivity index (χ2v) is 14.2. The van der Waals surface area contributed by atoms with Crippen LogP contribution in [0.3, 0.4) is 0 Å². The number of alkyl carbamates (subject to hydrolysis) is 1. The molecule has 1 aliphatic heterocycles. The summed E-state index contributed by atoms with van der Waals surface area (Å²) in [4.78, 5) is 31.0. The van der Waals surface area contributed by atoms with Crippen molar-refractivity contribution in [1.82, 2.24) is 19.9 Å². The van der Waals surface area contributed by atoms with Gasteiger partial charge < -0.3 is 15.4 Å². The summed E-state index contributed by atoms with van der Waals surface area (Å²) in [5.41, 5.74) is 1.44. The van der Waals surface area contributed by atoms with E-state index in [1.165, 1.54) is 28.7 Å². The molecule has 4 aromatic rings. The van der Waals surface area contributed by atoms with E-state index in [0.29, 0.717) is 34.8 Å². The van der Waals surface area contributed by atoms with E-state index in [9.17, 15) is 22.4 Å². The monoisotopic (exact) mass is 710 g/mol. The van der Waals surface area contributed by atoms with Crippen LogP contribution in [0.2, 0.25) is 5.02 Å². The van der Waals surface area contributed by atoms with Gasteiger partial charge in [0.2, 0.25) is 10.0 Å². The number of ketones is 1. The molecule has 0 bridgehead atoms. The summed E-state index contributed by atoms with van der Waals surface area (Å²) in [7, 11) is -2.69. The molecule has 0 radical (unpaired) electrons. The molecule has 1 aliphatic rings. The van der Waals surface area contributed by atoms with E-state index < -0.39 is 51.5 Å². The summed E-state index contributed by atoms with van der Waals surface area (Å²) in [6, 6.07) is 18.3. The SMILES string of the molecule is COC(=O)N[C@H](C(=O)Cc1cccc(F)c1CC[C@H]1CNC[C@H](C)N1S(=O)(=O)c1ccccc1)[C@H](c1cncc(F)c1)c1cccc(Cl)c1. The third-order valence-electron chi connectivity index (χ3n) is 8.67. The molecule has 1 saturated heterocycles. The average molecular weight is 711 g/mol. The third kappa shape index (κ3) is 8.50. The van der Waals surface area contributed by atoms with Crippen LogP contribution in [0.1, 0.15) is 41.5 Å². The first kappa shape index (κ1) is 36.1. The molecule has 2 N–H and O–H groups in total. The van der Waals surface area contributed by atoms with Gasteiger partial charge in [0.25, 0.3) is 0 Å². The zero-order valence-corrected chi connectivity index (χ0v) is 28.6. The maximum absolute atomic E-state index is 15.6. The topological polar surface area (TPSA) is 118 Å². The standard InChI is InChI=1S/C36H37ClF2N4O5S/c1-23-19-40-22-29(43(23)49(46,47)30-11-4-3-5-12-30)14-15-31-24(8-7-13-32(31)39)18-33(44)35(42-36(45)48-2)34(25-9-6-10-27(37)16-25)26-17-28(38)21-41-20-26/h3-13,16-17,20-21,23,29,34-35,40H,14-15,18-19,22H2,1-2H3,(H,42,45)/t23-,29-,34-,35+/m0/s1. The number of benzene rings is 3. The molecule has 0 aliphatic carbocycles. The van der Waals surface area contributed by atoms with E-state index in [1.54, 1.807) is 60.7 Å². The molecule has 13 heteroatoms. The zero-order valence-electron chi connectivity index (χ0n) is 27.0. The fraction of sp³-hybridized carbons (Fsp3) is 0.306. The van der Waals surface area contributed by atoms with E-state index >= 15 is 4.39 Å². The van der Waals surface area contributed by atoms with Crippen molar-refractivity contribution in [2.75, 3.05) is 20.2 Å². The molecule has 1 fully saturated rings. The van der Waals surface area contributed by atoms with Gasteiger partial charge in [-0.15, -0.1) is 0 Å². The molecule has 0 unspecified atom stereocenters. The second-order valence-electron chi connectivity index (χ2n) is 12.0. The number of nitrogens with one attached hydrogen (secondary N) is 2. The van der Waals surface area contributed by atoms with E-state index in [2.05, 4.69) is 15.6 Å². The minimum Gasteiger partial charge on any atom is -0.453 e. The minimum atomic E-state index is -3.85. The number of hydrogen-bond acceptors (Lipinski definition) is 7. The highest BCUT2D eigenvalue weighted by atomic mass is 35.5. The smallest absolute Gasteiger partial charge is 0.407 e. The lowest BCUT2D eigenvalue weighted by atomic mass is 9.82. The molecule has 4 atom stereocenters. The number of sulfonamides is 1. The molecule has 1 aromatic heterocycles. The molecule has 0 saturated carbocycles. The number of hydrogen-bond donors (Lipinski definition) is 2. The summed E-state index contributed by atoms with van der Waals surface area (Å²) in [6.45, 7) is 2.66. The Morgan fingerprint density at radius 2 is 1.78 bits per heavy atom. The number of Topliss-reactive ketones (excluding diaryl/α,β-unsaturated/α-hetero) is 1. The second kappa shape index (κ2) is 16.0. The lowest BCUT2D eigenvalue weighted by Gasteiger charge is -2.40. The van der Waals surface area contributed by atoms with Crippen LogP contribution in [-0.4, -0.2) is 67.9 Å². The Kier molecular flexibility index (Phi) is 11.8. The van der Waals surface area contributed by atoms with Gasteiger partial charge in [-0.05, 0) is 78.4 Å². The fourth-order valence-electron chi connectivity index (χ4n) is 6.44. The number of amides is 1. The molecule has 3 aromatic carbocycles. The van der Waals surface area contributed by atoms with Gasteiger partial charge in [0.1, 0.15) is 17.7 Å². The Balaban J connectivity index is 1.46. The van der Waals surface area contributed by atoms with Gasteiger partial charge in [-0.2, -0.15) is 4.31 Å². The molecule has 9 nitrogen and oxygen atoms in total. The third-order valence-corrected chi connectivity index (χ3v) is 11.0. The number of nitrogens with zero attached hydrogens (tertiary/aromatic N) is 2. The number of pyridine rings is 1. The van der Waals surface area contributed by atoms with Crippen molar-refractivity contribution >= 4 is 33.5 Å². The average Bonchev–Trinajstić information content (AvgIpc) is 3.08.